The van der Waals surface area contributed by atoms with Crippen LogP contribution in [-0.4, -0.2) is 35.3 Å². The van der Waals surface area contributed by atoms with Gasteiger partial charge in [0.1, 0.15) is 6.61 Å². The Balaban J connectivity index is 2.00. The van der Waals surface area contributed by atoms with E-state index in [1.165, 1.54) is 0 Å². The molecule has 1 aliphatic rings. The van der Waals surface area contributed by atoms with Gasteiger partial charge in [-0.3, -0.25) is 9.88 Å². The summed E-state index contributed by atoms with van der Waals surface area (Å²) in [7, 11) is 0. The number of aromatic nitrogens is 1. The van der Waals surface area contributed by atoms with Crippen LogP contribution in [0, 0.1) is 0 Å². The van der Waals surface area contributed by atoms with E-state index < -0.39 is 5.97 Å². The number of benzene rings is 1. The van der Waals surface area contributed by atoms with E-state index in [1.807, 2.05) is 6.07 Å². The van der Waals surface area contributed by atoms with Crippen molar-refractivity contribution in [1.82, 2.24) is 4.98 Å². The summed E-state index contributed by atoms with van der Waals surface area (Å²) in [6, 6.07) is 7.07. The maximum absolute atomic E-state index is 11.7. The molecule has 0 radical (unpaired) electrons. The van der Waals surface area contributed by atoms with Gasteiger partial charge in [-0.25, -0.2) is 9.59 Å². The highest BCUT2D eigenvalue weighted by Gasteiger charge is 2.24. The number of aromatic carboxylic acids is 1. The molecule has 0 unspecified atom stereocenters. The number of unbranched alkanes of at least 4 members (excludes halogenated alkanes) is 2. The quantitative estimate of drug-likeness (QED) is 0.819. The van der Waals surface area contributed by atoms with Gasteiger partial charge in [0.2, 0.25) is 0 Å². The Morgan fingerprint density at radius 2 is 2.17 bits per heavy atom. The Morgan fingerprint density at radius 3 is 2.83 bits per heavy atom. The number of hydrogen-bond acceptors (Lipinski definition) is 4. The summed E-state index contributed by atoms with van der Waals surface area (Å²) in [6.45, 7) is 3.00. The number of aryl methyl sites for hydroxylation is 1. The molecule has 1 N–H and O–H groups in total. The van der Waals surface area contributed by atoms with Crippen molar-refractivity contribution in [3.63, 3.8) is 0 Å². The monoisotopic (exact) mass is 328 g/mol. The molecular weight excluding hydrogens is 308 g/mol. The SMILES string of the molecule is CCCCCc1nc2cc(N3CCOC3=O)ccc2cc1C(=O)O. The van der Waals surface area contributed by atoms with E-state index in [0.717, 1.165) is 30.3 Å². The first-order valence-corrected chi connectivity index (χ1v) is 8.21. The first kappa shape index (κ1) is 16.2. The highest BCUT2D eigenvalue weighted by atomic mass is 16.6. The Kier molecular flexibility index (Phi) is 4.64. The highest BCUT2D eigenvalue weighted by Crippen LogP contribution is 2.25. The second kappa shape index (κ2) is 6.86. The minimum Gasteiger partial charge on any atom is -0.478 e. The van der Waals surface area contributed by atoms with Gasteiger partial charge in [-0.05, 0) is 31.0 Å². The van der Waals surface area contributed by atoms with Crippen LogP contribution in [0.25, 0.3) is 10.9 Å². The summed E-state index contributed by atoms with van der Waals surface area (Å²) in [4.78, 5) is 29.3. The highest BCUT2D eigenvalue weighted by molar-refractivity contribution is 5.96. The Bertz CT molecular complexity index is 788. The van der Waals surface area contributed by atoms with Crippen molar-refractivity contribution in [3.05, 3.63) is 35.5 Å². The number of amides is 1. The van der Waals surface area contributed by atoms with Gasteiger partial charge in [0.25, 0.3) is 0 Å². The molecular formula is C18H20N2O4. The molecule has 1 amide bonds. The van der Waals surface area contributed by atoms with E-state index in [9.17, 15) is 14.7 Å². The number of anilines is 1. The van der Waals surface area contributed by atoms with E-state index in [0.29, 0.717) is 30.8 Å². The number of carboxylic acid groups (broad SMARTS) is 1. The van der Waals surface area contributed by atoms with Crippen LogP contribution >= 0.6 is 0 Å². The maximum atomic E-state index is 11.7. The van der Waals surface area contributed by atoms with Crippen molar-refractivity contribution in [3.8, 4) is 0 Å². The summed E-state index contributed by atoms with van der Waals surface area (Å²) in [6.07, 6.45) is 3.30. The molecule has 1 aromatic heterocycles. The lowest BCUT2D eigenvalue weighted by molar-refractivity contribution is 0.0695. The van der Waals surface area contributed by atoms with Crippen LogP contribution in [0.1, 0.15) is 42.2 Å². The van der Waals surface area contributed by atoms with Gasteiger partial charge in [0, 0.05) is 11.1 Å². The molecule has 1 aliphatic heterocycles. The topological polar surface area (TPSA) is 79.7 Å². The molecule has 1 aromatic carbocycles. The zero-order chi connectivity index (χ0) is 17.1. The van der Waals surface area contributed by atoms with Gasteiger partial charge < -0.3 is 9.84 Å². The molecule has 3 rings (SSSR count). The van der Waals surface area contributed by atoms with E-state index in [1.54, 1.807) is 23.1 Å². The Morgan fingerprint density at radius 1 is 1.33 bits per heavy atom. The number of carboxylic acids is 1. The zero-order valence-electron chi connectivity index (χ0n) is 13.6. The predicted molar refractivity (Wildman–Crippen MR) is 90.6 cm³/mol. The van der Waals surface area contributed by atoms with Gasteiger partial charge in [-0.15, -0.1) is 0 Å². The normalized spacial score (nSPS) is 14.2. The average molecular weight is 328 g/mol. The molecule has 2 heterocycles. The van der Waals surface area contributed by atoms with Gasteiger partial charge in [0.15, 0.2) is 0 Å². The van der Waals surface area contributed by atoms with Crippen LogP contribution in [0.2, 0.25) is 0 Å². The van der Waals surface area contributed by atoms with Gasteiger partial charge in [-0.2, -0.15) is 0 Å². The molecule has 0 atom stereocenters. The number of carbonyl (C=O) groups is 2. The third-order valence-electron chi connectivity index (χ3n) is 4.20. The summed E-state index contributed by atoms with van der Waals surface area (Å²) in [5.41, 5.74) is 2.28. The van der Waals surface area contributed by atoms with Crippen LogP contribution in [0.4, 0.5) is 10.5 Å². The molecule has 2 aromatic rings. The van der Waals surface area contributed by atoms with Crippen LogP contribution in [0.3, 0.4) is 0 Å². The van der Waals surface area contributed by atoms with Crippen molar-refractivity contribution in [2.45, 2.75) is 32.6 Å². The van der Waals surface area contributed by atoms with E-state index >= 15 is 0 Å². The minimum atomic E-state index is -0.955. The van der Waals surface area contributed by atoms with Crippen LogP contribution in [0.5, 0.6) is 0 Å². The smallest absolute Gasteiger partial charge is 0.414 e. The van der Waals surface area contributed by atoms with Crippen LogP contribution < -0.4 is 4.90 Å². The summed E-state index contributed by atoms with van der Waals surface area (Å²) >= 11 is 0. The fraction of sp³-hybridized carbons (Fsp3) is 0.389. The number of fused-ring (bicyclic) bond motifs is 1. The molecule has 6 heteroatoms. The number of carbonyl (C=O) groups excluding carboxylic acids is 1. The van der Waals surface area contributed by atoms with Gasteiger partial charge in [0.05, 0.1) is 23.3 Å². The fourth-order valence-corrected chi connectivity index (χ4v) is 2.91. The first-order valence-electron chi connectivity index (χ1n) is 8.21. The molecule has 1 fully saturated rings. The third-order valence-corrected chi connectivity index (χ3v) is 4.20. The van der Waals surface area contributed by atoms with Crippen molar-refractivity contribution < 1.29 is 19.4 Å². The van der Waals surface area contributed by atoms with E-state index in [-0.39, 0.29) is 11.7 Å². The first-order chi connectivity index (χ1) is 11.6. The Hall–Kier alpha value is -2.63. The van der Waals surface area contributed by atoms with Gasteiger partial charge >= 0.3 is 12.1 Å². The van der Waals surface area contributed by atoms with Gasteiger partial charge in [-0.1, -0.05) is 25.8 Å². The zero-order valence-corrected chi connectivity index (χ0v) is 13.6. The molecule has 0 saturated carbocycles. The molecule has 24 heavy (non-hydrogen) atoms. The lowest BCUT2D eigenvalue weighted by Gasteiger charge is -2.14. The Labute approximate surface area is 140 Å². The molecule has 0 bridgehead atoms. The summed E-state index contributed by atoms with van der Waals surface area (Å²) < 4.78 is 4.96. The lowest BCUT2D eigenvalue weighted by Crippen LogP contribution is -2.23. The van der Waals surface area contributed by atoms with E-state index in [2.05, 4.69) is 11.9 Å². The van der Waals surface area contributed by atoms with Crippen molar-refractivity contribution in [2.24, 2.45) is 0 Å². The number of pyridine rings is 1. The molecule has 126 valence electrons. The van der Waals surface area contributed by atoms with Crippen molar-refractivity contribution in [1.29, 1.82) is 0 Å². The number of rotatable bonds is 6. The van der Waals surface area contributed by atoms with Crippen molar-refractivity contribution >= 4 is 28.7 Å². The summed E-state index contributed by atoms with van der Waals surface area (Å²) in [5, 5.41) is 10.2. The van der Waals surface area contributed by atoms with Crippen LogP contribution in [-0.2, 0) is 11.2 Å². The van der Waals surface area contributed by atoms with Crippen LogP contribution in [0.15, 0.2) is 24.3 Å². The molecule has 6 nitrogen and oxygen atoms in total. The summed E-state index contributed by atoms with van der Waals surface area (Å²) in [5.74, 6) is -0.955. The minimum absolute atomic E-state index is 0.256. The largest absolute Gasteiger partial charge is 0.478 e. The fourth-order valence-electron chi connectivity index (χ4n) is 2.91. The average Bonchev–Trinajstić information content (AvgIpc) is 2.99. The maximum Gasteiger partial charge on any atom is 0.414 e. The number of hydrogen-bond donors (Lipinski definition) is 1. The predicted octanol–water partition coefficient (Wildman–Crippen LogP) is 3.62. The molecule has 1 saturated heterocycles. The lowest BCUT2D eigenvalue weighted by atomic mass is 10.0. The second-order valence-corrected chi connectivity index (χ2v) is 5.89. The van der Waals surface area contributed by atoms with Crippen molar-refractivity contribution in [2.75, 3.05) is 18.1 Å². The third kappa shape index (κ3) is 3.18. The molecule has 0 aliphatic carbocycles. The number of cyclic esters (lactones) is 1. The second-order valence-electron chi connectivity index (χ2n) is 5.89. The standard InChI is InChI=1S/C18H20N2O4/c1-2-3-4-5-15-14(17(21)22)10-12-6-7-13(11-16(12)19-15)20-8-9-24-18(20)23/h6-7,10-11H,2-5,8-9H2,1H3,(H,21,22). The van der Waals surface area contributed by atoms with E-state index in [4.69, 9.17) is 4.74 Å². The number of ether oxygens (including phenoxy) is 1. The molecule has 0 spiro atoms. The number of nitrogens with zero attached hydrogens (tertiary/aromatic N) is 2.